The third kappa shape index (κ3) is 7.26. The van der Waals surface area contributed by atoms with Gasteiger partial charge in [-0.1, -0.05) is 16.9 Å². The molecule has 2 saturated heterocycles. The number of ether oxygens (including phenoxy) is 1. The highest BCUT2D eigenvalue weighted by atomic mass is 32.2. The molecule has 2 atom stereocenters. The summed E-state index contributed by atoms with van der Waals surface area (Å²) >= 11 is 3.34. The lowest BCUT2D eigenvalue weighted by Gasteiger charge is -2.49. The number of aliphatic carboxylic acids is 2. The molecule has 0 spiro atoms. The second kappa shape index (κ2) is 14.3. The Kier molecular flexibility index (Phi) is 10.2. The van der Waals surface area contributed by atoms with E-state index in [0.717, 1.165) is 55.7 Å². The summed E-state index contributed by atoms with van der Waals surface area (Å²) in [4.78, 5) is 61.3. The number of tetrazole rings is 1. The molecule has 3 aliphatic heterocycles. The van der Waals surface area contributed by atoms with Crippen molar-refractivity contribution >= 4 is 69.7 Å². The van der Waals surface area contributed by atoms with E-state index < -0.39 is 47.5 Å². The molecular weight excluding hydrogens is 643 g/mol. The predicted molar refractivity (Wildman–Crippen MR) is 155 cm³/mol. The van der Waals surface area contributed by atoms with E-state index in [1.807, 2.05) is 0 Å². The number of aromatic nitrogens is 6. The minimum atomic E-state index is -1.33. The molecule has 2 aromatic heterocycles. The highest BCUT2D eigenvalue weighted by Crippen LogP contribution is 2.41. The number of fused-ring (bicyclic) bond motifs is 1. The van der Waals surface area contributed by atoms with E-state index in [9.17, 15) is 24.3 Å². The van der Waals surface area contributed by atoms with Crippen LogP contribution in [-0.2, 0) is 35.3 Å². The van der Waals surface area contributed by atoms with Gasteiger partial charge in [-0.25, -0.2) is 14.3 Å². The Morgan fingerprint density at radius 2 is 2.02 bits per heavy atom. The van der Waals surface area contributed by atoms with Gasteiger partial charge in [0, 0.05) is 49.2 Å². The number of aryl methyl sites for hydroxylation is 1. The van der Waals surface area contributed by atoms with Gasteiger partial charge in [-0.05, 0) is 22.4 Å². The largest absolute Gasteiger partial charge is 0.479 e. The lowest BCUT2D eigenvalue weighted by Crippen LogP contribution is -2.71. The maximum Gasteiger partial charge on any atom is 0.352 e. The molecule has 0 aromatic carbocycles. The van der Waals surface area contributed by atoms with Gasteiger partial charge in [-0.2, -0.15) is 9.36 Å². The SMILES string of the molecule is Nc1nc(/C(=N/OCC(=O)O)C(=O)NC2C(=O)N3C(C(=O)O)=C(CSc4nnnn4CCCN4CCOCC4)CS[C@H]23)ns1. The topological polar surface area (TPSA) is 253 Å². The summed E-state index contributed by atoms with van der Waals surface area (Å²) in [6.45, 7) is 3.85. The molecule has 44 heavy (non-hydrogen) atoms. The number of rotatable bonds is 14. The van der Waals surface area contributed by atoms with Gasteiger partial charge in [-0.3, -0.25) is 19.4 Å². The number of carbonyl (C=O) groups is 4. The van der Waals surface area contributed by atoms with E-state index >= 15 is 0 Å². The van der Waals surface area contributed by atoms with Crippen molar-refractivity contribution in [3.8, 4) is 0 Å². The number of nitrogen functional groups attached to an aromatic ring is 1. The Hall–Kier alpha value is -3.86. The lowest BCUT2D eigenvalue weighted by molar-refractivity contribution is -0.150. The Labute approximate surface area is 261 Å². The summed E-state index contributed by atoms with van der Waals surface area (Å²) in [6.07, 6.45) is 0.832. The molecule has 0 radical (unpaired) electrons. The van der Waals surface area contributed by atoms with Gasteiger partial charge in [0.05, 0.1) is 13.2 Å². The number of morpholine rings is 1. The number of nitrogens with one attached hydrogen (secondary N) is 1. The van der Waals surface area contributed by atoms with Crippen molar-refractivity contribution in [3.05, 3.63) is 17.1 Å². The fourth-order valence-corrected chi connectivity index (χ4v) is 7.35. The third-order valence-corrected chi connectivity index (χ3v) is 9.50. The fraction of sp³-hybridized carbons (Fsp3) is 0.545. The Morgan fingerprint density at radius 3 is 2.73 bits per heavy atom. The van der Waals surface area contributed by atoms with Crippen molar-refractivity contribution in [1.82, 2.24) is 44.7 Å². The van der Waals surface area contributed by atoms with Gasteiger partial charge in [0.25, 0.3) is 11.8 Å². The summed E-state index contributed by atoms with van der Waals surface area (Å²) in [5.74, 6) is -3.87. The number of carboxylic acids is 2. The van der Waals surface area contributed by atoms with Crippen LogP contribution in [0.15, 0.2) is 21.6 Å². The van der Waals surface area contributed by atoms with E-state index in [0.29, 0.717) is 17.3 Å². The average molecular weight is 670 g/mol. The molecule has 0 bridgehead atoms. The van der Waals surface area contributed by atoms with E-state index in [1.165, 1.54) is 23.5 Å². The standard InChI is InChI=1S/C22H27N11O8S3/c23-21-25-16(28-44-21)13(27-41-8-12(34)35)17(36)24-14-18(37)33-15(20(38)39)11(9-42-19(14)33)10-43-22-26-29-30-32(22)3-1-2-31-4-6-40-7-5-31/h14,19H,1-10H2,(H,24,36)(H,34,35)(H,38,39)(H2,23,25,28)/b27-13-/t14?,19-/m1/s1. The van der Waals surface area contributed by atoms with Crippen molar-refractivity contribution < 1.29 is 39.0 Å². The second-order valence-corrected chi connectivity index (χ2v) is 12.3. The smallest absolute Gasteiger partial charge is 0.352 e. The van der Waals surface area contributed by atoms with E-state index in [2.05, 4.69) is 45.1 Å². The molecule has 5 N–H and O–H groups in total. The molecular formula is C22H27N11O8S3. The second-order valence-electron chi connectivity index (χ2n) is 9.46. The van der Waals surface area contributed by atoms with Gasteiger partial charge < -0.3 is 30.8 Å². The maximum atomic E-state index is 13.1. The maximum absolute atomic E-state index is 13.1. The summed E-state index contributed by atoms with van der Waals surface area (Å²) < 4.78 is 10.9. The van der Waals surface area contributed by atoms with Crippen LogP contribution in [0.25, 0.3) is 0 Å². The normalized spacial score (nSPS) is 20.7. The average Bonchev–Trinajstić information content (AvgIpc) is 3.65. The molecule has 236 valence electrons. The summed E-state index contributed by atoms with van der Waals surface area (Å²) in [5, 5.41) is 36.6. The number of carbonyl (C=O) groups excluding carboxylic acids is 2. The minimum Gasteiger partial charge on any atom is -0.479 e. The minimum absolute atomic E-state index is 0.0242. The van der Waals surface area contributed by atoms with Crippen LogP contribution in [0.3, 0.4) is 0 Å². The molecule has 3 aliphatic rings. The Morgan fingerprint density at radius 1 is 1.23 bits per heavy atom. The van der Waals surface area contributed by atoms with Crippen molar-refractivity contribution in [2.75, 3.05) is 56.7 Å². The quantitative estimate of drug-likeness (QED) is 0.0746. The number of nitrogens with two attached hydrogens (primary N) is 1. The summed E-state index contributed by atoms with van der Waals surface area (Å²) in [7, 11) is 0. The number of anilines is 1. The zero-order valence-corrected chi connectivity index (χ0v) is 25.3. The first kappa shape index (κ1) is 31.6. The van der Waals surface area contributed by atoms with Gasteiger partial charge in [-0.15, -0.1) is 16.9 Å². The van der Waals surface area contributed by atoms with Gasteiger partial charge >= 0.3 is 11.9 Å². The first-order valence-corrected chi connectivity index (χ1v) is 15.9. The monoisotopic (exact) mass is 669 g/mol. The summed E-state index contributed by atoms with van der Waals surface area (Å²) in [5.41, 5.74) is 5.46. The molecule has 0 saturated carbocycles. The van der Waals surface area contributed by atoms with E-state index in [1.54, 1.807) is 4.68 Å². The zero-order valence-electron chi connectivity index (χ0n) is 22.9. The first-order chi connectivity index (χ1) is 21.2. The van der Waals surface area contributed by atoms with Gasteiger partial charge in [0.15, 0.2) is 5.13 Å². The van der Waals surface area contributed by atoms with Crippen LogP contribution < -0.4 is 11.1 Å². The number of amides is 2. The molecule has 22 heteroatoms. The highest BCUT2D eigenvalue weighted by molar-refractivity contribution is 8.01. The van der Waals surface area contributed by atoms with Gasteiger partial charge in [0.2, 0.25) is 23.3 Å². The number of β-lactam (4-membered cyclic amide) rings is 1. The van der Waals surface area contributed by atoms with Crippen LogP contribution in [-0.4, -0.2) is 141 Å². The molecule has 5 heterocycles. The van der Waals surface area contributed by atoms with Crippen LogP contribution in [0.1, 0.15) is 12.2 Å². The fourth-order valence-electron chi connectivity index (χ4n) is 4.53. The Bertz CT molecular complexity index is 1470. The molecule has 5 rings (SSSR count). The summed E-state index contributed by atoms with van der Waals surface area (Å²) in [6, 6.07) is -1.09. The molecule has 19 nitrogen and oxygen atoms in total. The number of hydrogen-bond acceptors (Lipinski definition) is 17. The number of oxime groups is 1. The van der Waals surface area contributed by atoms with Crippen molar-refractivity contribution in [2.24, 2.45) is 5.16 Å². The molecule has 2 fully saturated rings. The van der Waals surface area contributed by atoms with E-state index in [4.69, 9.17) is 15.6 Å². The molecule has 1 unspecified atom stereocenters. The number of nitrogens with zero attached hydrogens (tertiary/aromatic N) is 9. The van der Waals surface area contributed by atoms with Crippen LogP contribution in [0, 0.1) is 0 Å². The molecule has 2 amide bonds. The molecule has 2 aromatic rings. The third-order valence-electron chi connectivity index (χ3n) is 6.57. The zero-order chi connectivity index (χ0) is 31.2. The van der Waals surface area contributed by atoms with Crippen molar-refractivity contribution in [2.45, 2.75) is 29.5 Å². The predicted octanol–water partition coefficient (Wildman–Crippen LogP) is -1.83. The van der Waals surface area contributed by atoms with Crippen LogP contribution >= 0.6 is 35.1 Å². The number of hydrogen-bond donors (Lipinski definition) is 4. The molecule has 0 aliphatic carbocycles. The van der Waals surface area contributed by atoms with Crippen LogP contribution in [0.4, 0.5) is 5.13 Å². The number of thioether (sulfide) groups is 2. The van der Waals surface area contributed by atoms with Crippen molar-refractivity contribution in [1.29, 1.82) is 0 Å². The first-order valence-electron chi connectivity index (χ1n) is 13.1. The van der Waals surface area contributed by atoms with Crippen LogP contribution in [0.5, 0.6) is 0 Å². The number of carboxylic acid groups (broad SMARTS) is 2. The highest BCUT2D eigenvalue weighted by Gasteiger charge is 2.54. The Balaban J connectivity index is 1.22. The lowest BCUT2D eigenvalue weighted by atomic mass is 10.0. The van der Waals surface area contributed by atoms with Crippen molar-refractivity contribution in [3.63, 3.8) is 0 Å². The van der Waals surface area contributed by atoms with Gasteiger partial charge in [0.1, 0.15) is 17.1 Å². The van der Waals surface area contributed by atoms with E-state index in [-0.39, 0.29) is 28.2 Å². The van der Waals surface area contributed by atoms with Crippen LogP contribution in [0.2, 0.25) is 0 Å².